The zero-order valence-corrected chi connectivity index (χ0v) is 16.0. The number of nitrogens with zero attached hydrogens (tertiary/aromatic N) is 1. The molecule has 0 unspecified atom stereocenters. The molecule has 2 aromatic carbocycles. The van der Waals surface area contributed by atoms with Gasteiger partial charge in [-0.2, -0.15) is 0 Å². The van der Waals surface area contributed by atoms with Crippen LogP contribution in [0, 0.1) is 0 Å². The average molecular weight is 377 g/mol. The molecule has 0 aliphatic rings. The zero-order chi connectivity index (χ0) is 19.9. The lowest BCUT2D eigenvalue weighted by atomic mass is 10.1. The number of methoxy groups -OCH3 is 1. The summed E-state index contributed by atoms with van der Waals surface area (Å²) in [5.41, 5.74) is 2.38. The van der Waals surface area contributed by atoms with Crippen LogP contribution in [0.15, 0.2) is 48.5 Å². The van der Waals surface area contributed by atoms with Crippen LogP contribution in [0.5, 0.6) is 11.5 Å². The SMILES string of the molecule is CCCCOc1ccc(/C=C/c2cc(C(=O)O)c3ccccc3n2)cc1OC. The minimum Gasteiger partial charge on any atom is -0.493 e. The molecule has 0 aliphatic heterocycles. The molecule has 0 atom stereocenters. The van der Waals surface area contributed by atoms with Crippen LogP contribution in [-0.4, -0.2) is 29.8 Å². The Morgan fingerprint density at radius 1 is 1.11 bits per heavy atom. The first-order chi connectivity index (χ1) is 13.6. The van der Waals surface area contributed by atoms with Gasteiger partial charge < -0.3 is 14.6 Å². The number of carboxylic acid groups (broad SMARTS) is 1. The lowest BCUT2D eigenvalue weighted by Crippen LogP contribution is -2.00. The molecule has 0 saturated heterocycles. The fraction of sp³-hybridized carbons (Fsp3) is 0.217. The molecule has 1 aromatic heterocycles. The Bertz CT molecular complexity index is 1010. The molecule has 0 saturated carbocycles. The largest absolute Gasteiger partial charge is 0.493 e. The van der Waals surface area contributed by atoms with E-state index in [4.69, 9.17) is 9.47 Å². The fourth-order valence-electron chi connectivity index (χ4n) is 2.87. The highest BCUT2D eigenvalue weighted by Gasteiger charge is 2.10. The normalized spacial score (nSPS) is 11.1. The molecule has 3 aromatic rings. The fourth-order valence-corrected chi connectivity index (χ4v) is 2.87. The van der Waals surface area contributed by atoms with Crippen LogP contribution in [0.3, 0.4) is 0 Å². The molecule has 5 heteroatoms. The second-order valence-corrected chi connectivity index (χ2v) is 6.36. The summed E-state index contributed by atoms with van der Waals surface area (Å²) >= 11 is 0. The number of aromatic nitrogens is 1. The Morgan fingerprint density at radius 3 is 2.68 bits per heavy atom. The predicted molar refractivity (Wildman–Crippen MR) is 111 cm³/mol. The molecular formula is C23H23NO4. The number of unbranched alkanes of at least 4 members (excludes halogenated alkanes) is 1. The molecule has 0 fully saturated rings. The molecule has 0 spiro atoms. The second kappa shape index (κ2) is 9.04. The molecule has 0 bridgehead atoms. The van der Waals surface area contributed by atoms with Gasteiger partial charge in [0.05, 0.1) is 30.5 Å². The summed E-state index contributed by atoms with van der Waals surface area (Å²) in [6.45, 7) is 2.77. The van der Waals surface area contributed by atoms with Gasteiger partial charge in [-0.25, -0.2) is 9.78 Å². The van der Waals surface area contributed by atoms with E-state index in [1.807, 2.05) is 42.5 Å². The Morgan fingerprint density at radius 2 is 1.93 bits per heavy atom. The van der Waals surface area contributed by atoms with Crippen molar-refractivity contribution in [3.63, 3.8) is 0 Å². The number of carbonyl (C=O) groups is 1. The maximum Gasteiger partial charge on any atom is 0.336 e. The number of hydrogen-bond donors (Lipinski definition) is 1. The van der Waals surface area contributed by atoms with Crippen LogP contribution in [0.1, 0.15) is 41.4 Å². The van der Waals surface area contributed by atoms with E-state index in [1.165, 1.54) is 0 Å². The number of rotatable bonds is 8. The maximum atomic E-state index is 11.6. The van der Waals surface area contributed by atoms with Crippen LogP contribution in [0.4, 0.5) is 0 Å². The van der Waals surface area contributed by atoms with E-state index in [9.17, 15) is 9.90 Å². The van der Waals surface area contributed by atoms with Crippen LogP contribution >= 0.6 is 0 Å². The molecule has 1 N–H and O–H groups in total. The Balaban J connectivity index is 1.88. The summed E-state index contributed by atoms with van der Waals surface area (Å²) in [5, 5.41) is 10.1. The number of pyridine rings is 1. The lowest BCUT2D eigenvalue weighted by molar-refractivity contribution is 0.0699. The van der Waals surface area contributed by atoms with Gasteiger partial charge in [-0.1, -0.05) is 43.7 Å². The molecule has 0 radical (unpaired) electrons. The maximum absolute atomic E-state index is 11.6. The molecule has 28 heavy (non-hydrogen) atoms. The summed E-state index contributed by atoms with van der Waals surface area (Å²) in [6, 6.07) is 14.5. The quantitative estimate of drug-likeness (QED) is 0.540. The van der Waals surface area contributed by atoms with Gasteiger partial charge in [0.1, 0.15) is 0 Å². The van der Waals surface area contributed by atoms with Crippen LogP contribution < -0.4 is 9.47 Å². The van der Waals surface area contributed by atoms with E-state index < -0.39 is 5.97 Å². The molecular weight excluding hydrogens is 354 g/mol. The monoisotopic (exact) mass is 377 g/mol. The highest BCUT2D eigenvalue weighted by molar-refractivity contribution is 6.03. The summed E-state index contributed by atoms with van der Waals surface area (Å²) in [4.78, 5) is 16.1. The number of hydrogen-bond acceptors (Lipinski definition) is 4. The zero-order valence-electron chi connectivity index (χ0n) is 16.0. The highest BCUT2D eigenvalue weighted by Crippen LogP contribution is 2.29. The summed E-state index contributed by atoms with van der Waals surface area (Å²) < 4.78 is 11.2. The molecule has 0 aliphatic carbocycles. The lowest BCUT2D eigenvalue weighted by Gasteiger charge is -2.11. The van der Waals surface area contributed by atoms with Crippen molar-refractivity contribution in [2.45, 2.75) is 19.8 Å². The van der Waals surface area contributed by atoms with Gasteiger partial charge >= 0.3 is 5.97 Å². The van der Waals surface area contributed by atoms with Gasteiger partial charge in [0, 0.05) is 5.39 Å². The smallest absolute Gasteiger partial charge is 0.336 e. The van der Waals surface area contributed by atoms with E-state index in [2.05, 4.69) is 11.9 Å². The highest BCUT2D eigenvalue weighted by atomic mass is 16.5. The summed E-state index contributed by atoms with van der Waals surface area (Å²) in [7, 11) is 1.61. The van der Waals surface area contributed by atoms with Crippen molar-refractivity contribution in [3.8, 4) is 11.5 Å². The number of aromatic carboxylic acids is 1. The molecule has 144 valence electrons. The Hall–Kier alpha value is -3.34. The third kappa shape index (κ3) is 4.49. The standard InChI is InChI=1S/C23H23NO4/c1-3-4-13-28-21-12-10-16(14-22(21)27-2)9-11-17-15-19(23(25)26)18-7-5-6-8-20(18)24-17/h5-12,14-15H,3-4,13H2,1-2H3,(H,25,26)/b11-9+. The van der Waals surface area contributed by atoms with E-state index in [0.29, 0.717) is 34.7 Å². The number of para-hydroxylation sites is 1. The Kier molecular flexibility index (Phi) is 6.27. The van der Waals surface area contributed by atoms with E-state index in [1.54, 1.807) is 25.3 Å². The third-order valence-electron chi connectivity index (χ3n) is 4.36. The van der Waals surface area contributed by atoms with Crippen molar-refractivity contribution in [2.75, 3.05) is 13.7 Å². The first-order valence-electron chi connectivity index (χ1n) is 9.24. The van der Waals surface area contributed by atoms with Gasteiger partial charge in [-0.05, 0) is 42.3 Å². The van der Waals surface area contributed by atoms with Gasteiger partial charge in [0.25, 0.3) is 0 Å². The van der Waals surface area contributed by atoms with Crippen molar-refractivity contribution in [1.82, 2.24) is 4.98 Å². The Labute approximate surface area is 164 Å². The minimum atomic E-state index is -0.969. The van der Waals surface area contributed by atoms with E-state index in [0.717, 1.165) is 18.4 Å². The predicted octanol–water partition coefficient (Wildman–Crippen LogP) is 5.29. The van der Waals surface area contributed by atoms with Gasteiger partial charge in [-0.3, -0.25) is 0 Å². The number of benzene rings is 2. The topological polar surface area (TPSA) is 68.7 Å². The number of ether oxygens (including phenoxy) is 2. The second-order valence-electron chi connectivity index (χ2n) is 6.36. The summed E-state index contributed by atoms with van der Waals surface area (Å²) in [6.07, 6.45) is 5.73. The van der Waals surface area contributed by atoms with Crippen molar-refractivity contribution in [3.05, 3.63) is 65.4 Å². The minimum absolute atomic E-state index is 0.238. The first kappa shape index (κ1) is 19.4. The molecule has 1 heterocycles. The van der Waals surface area contributed by atoms with Crippen molar-refractivity contribution < 1.29 is 19.4 Å². The number of carboxylic acids is 1. The van der Waals surface area contributed by atoms with Crippen molar-refractivity contribution >= 4 is 29.0 Å². The van der Waals surface area contributed by atoms with E-state index >= 15 is 0 Å². The van der Waals surface area contributed by atoms with Crippen molar-refractivity contribution in [1.29, 1.82) is 0 Å². The van der Waals surface area contributed by atoms with Crippen LogP contribution in [0.25, 0.3) is 23.1 Å². The molecule has 3 rings (SSSR count). The van der Waals surface area contributed by atoms with Gasteiger partial charge in [0.15, 0.2) is 11.5 Å². The van der Waals surface area contributed by atoms with Crippen molar-refractivity contribution in [2.24, 2.45) is 0 Å². The average Bonchev–Trinajstić information content (AvgIpc) is 2.72. The number of fused-ring (bicyclic) bond motifs is 1. The first-order valence-corrected chi connectivity index (χ1v) is 9.24. The third-order valence-corrected chi connectivity index (χ3v) is 4.36. The van der Waals surface area contributed by atoms with E-state index in [-0.39, 0.29) is 5.56 Å². The van der Waals surface area contributed by atoms with Gasteiger partial charge in [0.2, 0.25) is 0 Å². The van der Waals surface area contributed by atoms with Gasteiger partial charge in [-0.15, -0.1) is 0 Å². The van der Waals surface area contributed by atoms with Crippen LogP contribution in [0.2, 0.25) is 0 Å². The summed E-state index contributed by atoms with van der Waals surface area (Å²) in [5.74, 6) is 0.407. The molecule has 0 amide bonds. The van der Waals surface area contributed by atoms with Crippen LogP contribution in [-0.2, 0) is 0 Å². The molecule has 5 nitrogen and oxygen atoms in total.